The number of carbonyl (C=O) groups is 2. The molecule has 2 atom stereocenters. The van der Waals surface area contributed by atoms with Gasteiger partial charge in [-0.2, -0.15) is 0 Å². The van der Waals surface area contributed by atoms with E-state index in [-0.39, 0.29) is 12.6 Å². The van der Waals surface area contributed by atoms with Crippen LogP contribution in [0.2, 0.25) is 0 Å². The number of nitrogens with one attached hydrogen (secondary N) is 2. The summed E-state index contributed by atoms with van der Waals surface area (Å²) in [4.78, 5) is 21.6. The first-order valence-corrected chi connectivity index (χ1v) is 4.99. The highest BCUT2D eigenvalue weighted by atomic mass is 16.4. The largest absolute Gasteiger partial charge is 0.479 e. The molecule has 0 fully saturated rings. The van der Waals surface area contributed by atoms with E-state index in [9.17, 15) is 9.59 Å². The van der Waals surface area contributed by atoms with Gasteiger partial charge in [-0.05, 0) is 19.1 Å². The number of aliphatic hydroxyl groups is 1. The van der Waals surface area contributed by atoms with E-state index in [1.165, 1.54) is 6.26 Å². The van der Waals surface area contributed by atoms with Crippen LogP contribution in [0, 0.1) is 0 Å². The zero-order valence-electron chi connectivity index (χ0n) is 9.21. The summed E-state index contributed by atoms with van der Waals surface area (Å²) in [5.41, 5.74) is 0. The molecule has 1 heterocycles. The van der Waals surface area contributed by atoms with Crippen molar-refractivity contribution < 1.29 is 24.2 Å². The van der Waals surface area contributed by atoms with Gasteiger partial charge in [-0.3, -0.25) is 0 Å². The van der Waals surface area contributed by atoms with Crippen LogP contribution in [-0.2, 0) is 4.79 Å². The van der Waals surface area contributed by atoms with Crippen LogP contribution in [-0.4, -0.2) is 34.9 Å². The van der Waals surface area contributed by atoms with Crippen molar-refractivity contribution in [1.82, 2.24) is 10.6 Å². The molecule has 0 saturated carbocycles. The second-order valence-corrected chi connectivity index (χ2v) is 3.45. The number of aliphatic hydroxyl groups excluding tert-OH is 1. The Kier molecular flexibility index (Phi) is 4.53. The number of rotatable bonds is 5. The first-order chi connectivity index (χ1) is 8.00. The first kappa shape index (κ1) is 13.0. The van der Waals surface area contributed by atoms with E-state index < -0.39 is 18.1 Å². The predicted octanol–water partition coefficient (Wildman–Crippen LogP) is 0.0853. The molecule has 17 heavy (non-hydrogen) atoms. The molecular formula is C10H14N2O5. The Morgan fingerprint density at radius 3 is 2.76 bits per heavy atom. The highest BCUT2D eigenvalue weighted by molar-refractivity contribution is 5.76. The Balaban J connectivity index is 2.32. The molecule has 0 bridgehead atoms. The fourth-order valence-corrected chi connectivity index (χ4v) is 1.13. The van der Waals surface area contributed by atoms with Gasteiger partial charge in [0.15, 0.2) is 6.10 Å². The van der Waals surface area contributed by atoms with Crippen molar-refractivity contribution in [3.63, 3.8) is 0 Å². The van der Waals surface area contributed by atoms with Gasteiger partial charge in [-0.15, -0.1) is 0 Å². The maximum absolute atomic E-state index is 11.3. The van der Waals surface area contributed by atoms with E-state index in [0.29, 0.717) is 5.76 Å². The minimum absolute atomic E-state index is 0.341. The SMILES string of the molecule is CC(NC(=O)NC[C@H](O)C(=O)O)c1ccco1. The summed E-state index contributed by atoms with van der Waals surface area (Å²) in [6.07, 6.45) is -0.126. The van der Waals surface area contributed by atoms with Crippen molar-refractivity contribution in [3.05, 3.63) is 24.2 Å². The molecule has 0 aliphatic heterocycles. The summed E-state index contributed by atoms with van der Waals surface area (Å²) in [7, 11) is 0. The van der Waals surface area contributed by atoms with Crippen LogP contribution in [0.3, 0.4) is 0 Å². The van der Waals surface area contributed by atoms with Crippen LogP contribution in [0.15, 0.2) is 22.8 Å². The third-order valence-corrected chi connectivity index (χ3v) is 2.06. The van der Waals surface area contributed by atoms with E-state index >= 15 is 0 Å². The molecule has 2 amide bonds. The number of hydrogen-bond donors (Lipinski definition) is 4. The Labute approximate surface area is 97.4 Å². The summed E-state index contributed by atoms with van der Waals surface area (Å²) in [5.74, 6) is -0.802. The summed E-state index contributed by atoms with van der Waals surface area (Å²) < 4.78 is 5.07. The van der Waals surface area contributed by atoms with Gasteiger partial charge in [-0.1, -0.05) is 0 Å². The molecular weight excluding hydrogens is 228 g/mol. The summed E-state index contributed by atoms with van der Waals surface area (Å²) >= 11 is 0. The van der Waals surface area contributed by atoms with Gasteiger partial charge in [-0.25, -0.2) is 9.59 Å². The van der Waals surface area contributed by atoms with Crippen LogP contribution in [0.4, 0.5) is 4.79 Å². The summed E-state index contributed by atoms with van der Waals surface area (Å²) in [5, 5.41) is 22.1. The molecule has 7 heteroatoms. The average Bonchev–Trinajstić information content (AvgIpc) is 2.78. The predicted molar refractivity (Wildman–Crippen MR) is 57.3 cm³/mol. The molecule has 0 saturated heterocycles. The Bertz CT molecular complexity index is 376. The Morgan fingerprint density at radius 1 is 1.53 bits per heavy atom. The van der Waals surface area contributed by atoms with Crippen LogP contribution < -0.4 is 10.6 Å². The van der Waals surface area contributed by atoms with Crippen molar-refractivity contribution in [1.29, 1.82) is 0 Å². The van der Waals surface area contributed by atoms with Gasteiger partial charge in [0.1, 0.15) is 5.76 Å². The van der Waals surface area contributed by atoms with Crippen LogP contribution >= 0.6 is 0 Å². The van der Waals surface area contributed by atoms with E-state index in [2.05, 4.69) is 10.6 Å². The van der Waals surface area contributed by atoms with Crippen LogP contribution in [0.5, 0.6) is 0 Å². The van der Waals surface area contributed by atoms with Gasteiger partial charge in [0, 0.05) is 0 Å². The third kappa shape index (κ3) is 4.15. The number of carboxylic acid groups (broad SMARTS) is 1. The highest BCUT2D eigenvalue weighted by Gasteiger charge is 2.16. The molecule has 94 valence electrons. The molecule has 1 aromatic heterocycles. The van der Waals surface area contributed by atoms with Crippen molar-refractivity contribution in [2.45, 2.75) is 19.1 Å². The lowest BCUT2D eigenvalue weighted by Gasteiger charge is -2.13. The molecule has 1 aromatic rings. The smallest absolute Gasteiger partial charge is 0.334 e. The molecule has 0 spiro atoms. The van der Waals surface area contributed by atoms with Crippen molar-refractivity contribution >= 4 is 12.0 Å². The summed E-state index contributed by atoms with van der Waals surface area (Å²) in [6.45, 7) is 1.36. The molecule has 1 rings (SSSR count). The number of carbonyl (C=O) groups excluding carboxylic acids is 1. The zero-order valence-corrected chi connectivity index (χ0v) is 9.21. The monoisotopic (exact) mass is 242 g/mol. The topological polar surface area (TPSA) is 112 Å². The maximum Gasteiger partial charge on any atom is 0.334 e. The number of furan rings is 1. The van der Waals surface area contributed by atoms with Gasteiger partial charge in [0.2, 0.25) is 0 Å². The third-order valence-electron chi connectivity index (χ3n) is 2.06. The second kappa shape index (κ2) is 5.90. The molecule has 0 aromatic carbocycles. The zero-order chi connectivity index (χ0) is 12.8. The van der Waals surface area contributed by atoms with Gasteiger partial charge >= 0.3 is 12.0 Å². The molecule has 1 unspecified atom stereocenters. The molecule has 0 aliphatic carbocycles. The standard InChI is InChI=1S/C10H14N2O5/c1-6(8-3-2-4-17-8)12-10(16)11-5-7(13)9(14)15/h2-4,6-7,13H,5H2,1H3,(H,14,15)(H2,11,12,16)/t6?,7-/m0/s1. The van der Waals surface area contributed by atoms with Crippen molar-refractivity contribution in [2.24, 2.45) is 0 Å². The molecule has 7 nitrogen and oxygen atoms in total. The fraction of sp³-hybridized carbons (Fsp3) is 0.400. The average molecular weight is 242 g/mol. The van der Waals surface area contributed by atoms with Gasteiger partial charge in [0.05, 0.1) is 18.8 Å². The first-order valence-electron chi connectivity index (χ1n) is 4.99. The molecule has 4 N–H and O–H groups in total. The number of urea groups is 1. The Hall–Kier alpha value is -2.02. The number of hydrogen-bond acceptors (Lipinski definition) is 4. The van der Waals surface area contributed by atoms with Crippen molar-refractivity contribution in [2.75, 3.05) is 6.54 Å². The Morgan fingerprint density at radius 2 is 2.24 bits per heavy atom. The summed E-state index contributed by atoms with van der Waals surface area (Å²) in [6, 6.07) is 2.48. The number of carboxylic acids is 1. The van der Waals surface area contributed by atoms with Gasteiger partial charge in [0.25, 0.3) is 0 Å². The maximum atomic E-state index is 11.3. The number of amides is 2. The van der Waals surface area contributed by atoms with Crippen LogP contribution in [0.25, 0.3) is 0 Å². The lowest BCUT2D eigenvalue weighted by Crippen LogP contribution is -2.42. The lowest BCUT2D eigenvalue weighted by molar-refractivity contribution is -0.146. The van der Waals surface area contributed by atoms with E-state index in [1.54, 1.807) is 19.1 Å². The fourth-order valence-electron chi connectivity index (χ4n) is 1.13. The quantitative estimate of drug-likeness (QED) is 0.584. The van der Waals surface area contributed by atoms with Gasteiger partial charge < -0.3 is 25.3 Å². The number of aliphatic carboxylic acids is 1. The molecule has 0 aliphatic rings. The van der Waals surface area contributed by atoms with E-state index in [0.717, 1.165) is 0 Å². The minimum Gasteiger partial charge on any atom is -0.479 e. The van der Waals surface area contributed by atoms with E-state index in [4.69, 9.17) is 14.6 Å². The highest BCUT2D eigenvalue weighted by Crippen LogP contribution is 2.11. The normalized spacial score (nSPS) is 13.8. The van der Waals surface area contributed by atoms with Crippen LogP contribution in [0.1, 0.15) is 18.7 Å². The van der Waals surface area contributed by atoms with E-state index in [1.807, 2.05) is 0 Å². The second-order valence-electron chi connectivity index (χ2n) is 3.45. The minimum atomic E-state index is -1.61. The lowest BCUT2D eigenvalue weighted by atomic mass is 10.2. The van der Waals surface area contributed by atoms with Crippen molar-refractivity contribution in [3.8, 4) is 0 Å². The molecule has 0 radical (unpaired) electrons.